The number of ether oxygens (including phenoxy) is 1. The van der Waals surface area contributed by atoms with Crippen LogP contribution >= 0.6 is 0 Å². The predicted molar refractivity (Wildman–Crippen MR) is 114 cm³/mol. The molecule has 1 saturated heterocycles. The van der Waals surface area contributed by atoms with Crippen molar-refractivity contribution in [1.82, 2.24) is 25.0 Å². The van der Waals surface area contributed by atoms with Crippen LogP contribution in [-0.2, 0) is 13.6 Å². The lowest BCUT2D eigenvalue weighted by atomic mass is 10.0. The minimum Gasteiger partial charge on any atom is -0.474 e. The van der Waals surface area contributed by atoms with Crippen molar-refractivity contribution in [1.29, 1.82) is 0 Å². The van der Waals surface area contributed by atoms with Gasteiger partial charge in [0.05, 0.1) is 12.7 Å². The van der Waals surface area contributed by atoms with Crippen molar-refractivity contribution in [2.75, 3.05) is 19.6 Å². The Morgan fingerprint density at radius 2 is 2.17 bits per heavy atom. The van der Waals surface area contributed by atoms with E-state index in [0.29, 0.717) is 18.6 Å². The van der Waals surface area contributed by atoms with E-state index in [9.17, 15) is 0 Å². The molecule has 2 aliphatic rings. The summed E-state index contributed by atoms with van der Waals surface area (Å²) in [6.07, 6.45) is 12.2. The number of aliphatic imine (C=N–C) groups is 1. The first kappa shape index (κ1) is 19.7. The molecule has 1 N–H and O–H groups in total. The molecule has 2 aromatic heterocycles. The van der Waals surface area contributed by atoms with Crippen LogP contribution in [0.25, 0.3) is 0 Å². The Morgan fingerprint density at radius 3 is 2.93 bits per heavy atom. The largest absolute Gasteiger partial charge is 0.474 e. The normalized spacial score (nSPS) is 20.4. The maximum absolute atomic E-state index is 6.04. The van der Waals surface area contributed by atoms with E-state index in [1.54, 1.807) is 0 Å². The summed E-state index contributed by atoms with van der Waals surface area (Å²) in [4.78, 5) is 11.6. The second-order valence-electron chi connectivity index (χ2n) is 8.08. The summed E-state index contributed by atoms with van der Waals surface area (Å²) >= 11 is 0. The molecule has 2 fully saturated rings. The van der Waals surface area contributed by atoms with E-state index in [0.717, 1.165) is 56.3 Å². The maximum Gasteiger partial charge on any atom is 0.213 e. The van der Waals surface area contributed by atoms with Gasteiger partial charge in [-0.1, -0.05) is 0 Å². The summed E-state index contributed by atoms with van der Waals surface area (Å²) in [6, 6.07) is 4.06. The predicted octanol–water partition coefficient (Wildman–Crippen LogP) is 3.09. The molecule has 1 aliphatic carbocycles. The zero-order chi connectivity index (χ0) is 20.1. The molecule has 29 heavy (non-hydrogen) atoms. The van der Waals surface area contributed by atoms with Crippen molar-refractivity contribution in [3.05, 3.63) is 41.9 Å². The average Bonchev–Trinajstić information content (AvgIpc) is 3.47. The molecule has 1 saturated carbocycles. The van der Waals surface area contributed by atoms with Crippen LogP contribution in [-0.4, -0.2) is 51.4 Å². The summed E-state index contributed by atoms with van der Waals surface area (Å²) in [5.41, 5.74) is 2.44. The summed E-state index contributed by atoms with van der Waals surface area (Å²) in [7, 11) is 1.97. The first-order valence-electron chi connectivity index (χ1n) is 10.8. The zero-order valence-electron chi connectivity index (χ0n) is 17.5. The van der Waals surface area contributed by atoms with Gasteiger partial charge in [-0.15, -0.1) is 0 Å². The third kappa shape index (κ3) is 5.08. The highest BCUT2D eigenvalue weighted by atomic mass is 16.5. The van der Waals surface area contributed by atoms with Gasteiger partial charge in [-0.05, 0) is 56.2 Å². The quantitative estimate of drug-likeness (QED) is 0.600. The smallest absolute Gasteiger partial charge is 0.213 e. The van der Waals surface area contributed by atoms with E-state index in [-0.39, 0.29) is 0 Å². The topological polar surface area (TPSA) is 67.6 Å². The molecule has 3 heterocycles. The second kappa shape index (κ2) is 9.29. The second-order valence-corrected chi connectivity index (χ2v) is 8.08. The monoisotopic (exact) mass is 396 g/mol. The van der Waals surface area contributed by atoms with Crippen LogP contribution < -0.4 is 10.1 Å². The summed E-state index contributed by atoms with van der Waals surface area (Å²) < 4.78 is 7.92. The van der Waals surface area contributed by atoms with E-state index >= 15 is 0 Å². The van der Waals surface area contributed by atoms with Crippen molar-refractivity contribution in [2.45, 2.75) is 57.6 Å². The van der Waals surface area contributed by atoms with E-state index in [1.165, 1.54) is 18.4 Å². The molecule has 1 atom stereocenters. The number of aromatic nitrogens is 3. The molecule has 4 rings (SSSR count). The minimum absolute atomic E-state index is 0.326. The molecule has 0 spiro atoms. The van der Waals surface area contributed by atoms with Crippen LogP contribution in [0.4, 0.5) is 0 Å². The van der Waals surface area contributed by atoms with E-state index in [2.05, 4.69) is 33.4 Å². The van der Waals surface area contributed by atoms with Crippen LogP contribution in [0.1, 0.15) is 56.1 Å². The molecular weight excluding hydrogens is 364 g/mol. The van der Waals surface area contributed by atoms with E-state index < -0.39 is 0 Å². The first-order chi connectivity index (χ1) is 14.2. The molecular formula is C22H32N6O. The fourth-order valence-electron chi connectivity index (χ4n) is 4.26. The molecule has 0 radical (unpaired) electrons. The number of nitrogens with one attached hydrogen (secondary N) is 1. The molecule has 0 bridgehead atoms. The van der Waals surface area contributed by atoms with Gasteiger partial charge in [-0.3, -0.25) is 4.68 Å². The molecule has 7 nitrogen and oxygen atoms in total. The van der Waals surface area contributed by atoms with E-state index in [4.69, 9.17) is 9.73 Å². The Labute approximate surface area is 173 Å². The number of nitrogens with zero attached hydrogens (tertiary/aromatic N) is 5. The maximum atomic E-state index is 6.04. The van der Waals surface area contributed by atoms with Crippen LogP contribution in [0, 0.1) is 0 Å². The van der Waals surface area contributed by atoms with Gasteiger partial charge in [0.25, 0.3) is 0 Å². The first-order valence-corrected chi connectivity index (χ1v) is 10.8. The zero-order valence-corrected chi connectivity index (χ0v) is 17.5. The van der Waals surface area contributed by atoms with Gasteiger partial charge in [-0.25, -0.2) is 9.98 Å². The summed E-state index contributed by atoms with van der Waals surface area (Å²) in [5.74, 6) is 2.22. The molecule has 2 aromatic rings. The van der Waals surface area contributed by atoms with Crippen LogP contribution in [0.2, 0.25) is 0 Å². The molecule has 7 heteroatoms. The fourth-order valence-corrected chi connectivity index (χ4v) is 4.26. The van der Waals surface area contributed by atoms with Crippen molar-refractivity contribution in [2.24, 2.45) is 12.0 Å². The highest BCUT2D eigenvalue weighted by Gasteiger charge is 2.27. The lowest BCUT2D eigenvalue weighted by molar-refractivity contribution is 0.201. The molecule has 156 valence electrons. The Balaban J connectivity index is 1.39. The Bertz CT molecular complexity index is 826. The lowest BCUT2D eigenvalue weighted by Crippen LogP contribution is -2.40. The van der Waals surface area contributed by atoms with E-state index in [1.807, 2.05) is 36.3 Å². The van der Waals surface area contributed by atoms with Gasteiger partial charge in [0, 0.05) is 51.1 Å². The summed E-state index contributed by atoms with van der Waals surface area (Å²) in [6.45, 7) is 5.59. The highest BCUT2D eigenvalue weighted by Crippen LogP contribution is 2.27. The summed E-state index contributed by atoms with van der Waals surface area (Å²) in [5, 5.41) is 7.78. The number of rotatable bonds is 6. The Morgan fingerprint density at radius 1 is 1.31 bits per heavy atom. The molecule has 0 aromatic carbocycles. The number of likely N-dealkylation sites (tertiary alicyclic amines) is 1. The fraction of sp³-hybridized carbons (Fsp3) is 0.591. The number of guanidine groups is 1. The standard InChI is InChI=1S/C22H32N6O/c1-3-23-22(28-11-9-18(16-28)19-14-26-27(2)15-19)25-13-17-8-10-24-21(12-17)29-20-6-4-5-7-20/h8,10,12,14-15,18,20H,3-7,9,11,13,16H2,1-2H3,(H,23,25). The minimum atomic E-state index is 0.326. The molecule has 1 unspecified atom stereocenters. The number of hydrogen-bond donors (Lipinski definition) is 1. The van der Waals surface area contributed by atoms with Gasteiger partial charge in [-0.2, -0.15) is 5.10 Å². The molecule has 0 amide bonds. The lowest BCUT2D eigenvalue weighted by Gasteiger charge is -2.21. The van der Waals surface area contributed by atoms with Crippen molar-refractivity contribution < 1.29 is 4.74 Å². The Hall–Kier alpha value is -2.57. The van der Waals surface area contributed by atoms with Crippen molar-refractivity contribution >= 4 is 5.96 Å². The highest BCUT2D eigenvalue weighted by molar-refractivity contribution is 5.80. The molecule has 1 aliphatic heterocycles. The average molecular weight is 397 g/mol. The number of aryl methyl sites for hydroxylation is 1. The van der Waals surface area contributed by atoms with Gasteiger partial charge < -0.3 is 15.0 Å². The number of hydrogen-bond acceptors (Lipinski definition) is 4. The third-order valence-corrected chi connectivity index (χ3v) is 5.82. The SMILES string of the molecule is CCNC(=NCc1ccnc(OC2CCCC2)c1)N1CCC(c2cnn(C)c2)C1. The van der Waals surface area contributed by atoms with Gasteiger partial charge in [0.1, 0.15) is 6.10 Å². The van der Waals surface area contributed by atoms with Gasteiger partial charge >= 0.3 is 0 Å². The van der Waals surface area contributed by atoms with Gasteiger partial charge in [0.15, 0.2) is 5.96 Å². The van der Waals surface area contributed by atoms with Crippen LogP contribution in [0.15, 0.2) is 35.7 Å². The van der Waals surface area contributed by atoms with Crippen molar-refractivity contribution in [3.63, 3.8) is 0 Å². The Kier molecular flexibility index (Phi) is 6.32. The third-order valence-electron chi connectivity index (χ3n) is 5.82. The van der Waals surface area contributed by atoms with Gasteiger partial charge in [0.2, 0.25) is 5.88 Å². The van der Waals surface area contributed by atoms with Crippen LogP contribution in [0.5, 0.6) is 5.88 Å². The number of pyridine rings is 1. The van der Waals surface area contributed by atoms with Crippen LogP contribution in [0.3, 0.4) is 0 Å². The van der Waals surface area contributed by atoms with Crippen molar-refractivity contribution in [3.8, 4) is 5.88 Å².